The lowest BCUT2D eigenvalue weighted by Gasteiger charge is -2.08. The summed E-state index contributed by atoms with van der Waals surface area (Å²) in [5.41, 5.74) is -0.843. The quantitative estimate of drug-likeness (QED) is 0.631. The van der Waals surface area contributed by atoms with E-state index < -0.39 is 27.1 Å². The third-order valence-electron chi connectivity index (χ3n) is 2.63. The van der Waals surface area contributed by atoms with Crippen molar-refractivity contribution in [3.05, 3.63) is 62.3 Å². The van der Waals surface area contributed by atoms with E-state index in [2.05, 4.69) is 10.3 Å². The number of carbonyl (C=O) groups is 1. The lowest BCUT2D eigenvalue weighted by molar-refractivity contribution is -0.385. The Morgan fingerprint density at radius 3 is 2.41 bits per heavy atom. The van der Waals surface area contributed by atoms with Crippen LogP contribution in [0.2, 0.25) is 0 Å². The number of nitro benzene ring substituents is 1. The highest BCUT2D eigenvalue weighted by Gasteiger charge is 2.18. The van der Waals surface area contributed by atoms with E-state index in [4.69, 9.17) is 5.11 Å². The number of carboxylic acids is 1. The number of rotatable bonds is 5. The molecule has 0 bridgehead atoms. The summed E-state index contributed by atoms with van der Waals surface area (Å²) in [5, 5.41) is 33.0. The molecule has 0 aliphatic carbocycles. The lowest BCUT2D eigenvalue weighted by atomic mass is 10.2. The molecule has 0 aliphatic heterocycles. The molecule has 0 atom stereocenters. The van der Waals surface area contributed by atoms with Gasteiger partial charge in [-0.15, -0.1) is 0 Å². The Morgan fingerprint density at radius 2 is 1.82 bits per heavy atom. The summed E-state index contributed by atoms with van der Waals surface area (Å²) < 4.78 is 0. The van der Waals surface area contributed by atoms with Gasteiger partial charge in [0.2, 0.25) is 0 Å². The van der Waals surface area contributed by atoms with Gasteiger partial charge >= 0.3 is 5.97 Å². The Morgan fingerprint density at radius 1 is 1.14 bits per heavy atom. The average Bonchev–Trinajstić information content (AvgIpc) is 2.47. The summed E-state index contributed by atoms with van der Waals surface area (Å²) in [4.78, 5) is 34.8. The van der Waals surface area contributed by atoms with Gasteiger partial charge < -0.3 is 10.4 Å². The Labute approximate surface area is 122 Å². The minimum Gasteiger partial charge on any atom is -0.478 e. The molecule has 22 heavy (non-hydrogen) atoms. The number of aromatic nitrogens is 1. The van der Waals surface area contributed by atoms with Crippen molar-refractivity contribution >= 4 is 28.8 Å². The van der Waals surface area contributed by atoms with Crippen LogP contribution in [0.5, 0.6) is 0 Å². The van der Waals surface area contributed by atoms with E-state index in [-0.39, 0.29) is 17.2 Å². The van der Waals surface area contributed by atoms with Crippen molar-refractivity contribution in [3.8, 4) is 0 Å². The molecule has 2 rings (SSSR count). The van der Waals surface area contributed by atoms with Crippen molar-refractivity contribution in [3.63, 3.8) is 0 Å². The van der Waals surface area contributed by atoms with Crippen LogP contribution < -0.4 is 5.32 Å². The Bertz CT molecular complexity index is 776. The number of nitrogens with one attached hydrogen (secondary N) is 1. The summed E-state index contributed by atoms with van der Waals surface area (Å²) in [6, 6.07) is 6.20. The SMILES string of the molecule is O=C(O)c1cc([N+](=O)[O-])cnc1Nc1cccc([N+](=O)[O-])c1. The van der Waals surface area contributed by atoms with Crippen LogP contribution in [0.25, 0.3) is 0 Å². The highest BCUT2D eigenvalue weighted by atomic mass is 16.6. The number of non-ortho nitro benzene ring substituents is 1. The van der Waals surface area contributed by atoms with Gasteiger partial charge in [0.15, 0.2) is 0 Å². The highest BCUT2D eigenvalue weighted by molar-refractivity contribution is 5.94. The monoisotopic (exact) mass is 304 g/mol. The van der Waals surface area contributed by atoms with Crippen LogP contribution in [0.1, 0.15) is 10.4 Å². The lowest BCUT2D eigenvalue weighted by Crippen LogP contribution is -2.06. The number of hydrogen-bond donors (Lipinski definition) is 2. The van der Waals surface area contributed by atoms with Crippen LogP contribution in [0.15, 0.2) is 36.5 Å². The summed E-state index contributed by atoms with van der Waals surface area (Å²) in [6.45, 7) is 0. The van der Waals surface area contributed by atoms with Crippen molar-refractivity contribution < 1.29 is 19.7 Å². The number of carboxylic acid groups (broad SMARTS) is 1. The molecular formula is C12H8N4O6. The van der Waals surface area contributed by atoms with E-state index in [0.29, 0.717) is 0 Å². The zero-order chi connectivity index (χ0) is 16.3. The summed E-state index contributed by atoms with van der Waals surface area (Å²) >= 11 is 0. The molecule has 1 heterocycles. The number of nitrogens with zero attached hydrogens (tertiary/aromatic N) is 3. The predicted octanol–water partition coefficient (Wildman–Crippen LogP) is 2.34. The molecule has 0 spiro atoms. The first-order chi connectivity index (χ1) is 10.4. The topological polar surface area (TPSA) is 148 Å². The fourth-order valence-corrected chi connectivity index (χ4v) is 1.65. The second-order valence-electron chi connectivity index (χ2n) is 4.08. The van der Waals surface area contributed by atoms with E-state index in [9.17, 15) is 25.0 Å². The van der Waals surface area contributed by atoms with Gasteiger partial charge in [-0.25, -0.2) is 9.78 Å². The number of benzene rings is 1. The van der Waals surface area contributed by atoms with Gasteiger partial charge in [0.05, 0.1) is 9.85 Å². The molecule has 0 unspecified atom stereocenters. The molecule has 0 fully saturated rings. The number of aromatic carboxylic acids is 1. The molecular weight excluding hydrogens is 296 g/mol. The maximum atomic E-state index is 11.2. The van der Waals surface area contributed by atoms with Crippen molar-refractivity contribution in [1.82, 2.24) is 4.98 Å². The first-order valence-corrected chi connectivity index (χ1v) is 5.77. The van der Waals surface area contributed by atoms with Crippen molar-refractivity contribution in [2.24, 2.45) is 0 Å². The van der Waals surface area contributed by atoms with E-state index in [1.165, 1.54) is 24.3 Å². The molecule has 2 N–H and O–H groups in total. The number of anilines is 2. The molecule has 2 aromatic rings. The van der Waals surface area contributed by atoms with Gasteiger partial charge in [-0.3, -0.25) is 20.2 Å². The molecule has 1 aromatic heterocycles. The minimum absolute atomic E-state index is 0.154. The van der Waals surface area contributed by atoms with Crippen molar-refractivity contribution in [2.45, 2.75) is 0 Å². The molecule has 1 aromatic carbocycles. The molecule has 10 nitrogen and oxygen atoms in total. The van der Waals surface area contributed by atoms with Crippen LogP contribution in [0.4, 0.5) is 22.9 Å². The molecule has 0 aliphatic rings. The molecule has 112 valence electrons. The highest BCUT2D eigenvalue weighted by Crippen LogP contribution is 2.24. The van der Waals surface area contributed by atoms with Crippen LogP contribution in [-0.2, 0) is 0 Å². The van der Waals surface area contributed by atoms with Gasteiger partial charge in [-0.1, -0.05) is 6.07 Å². The number of pyridine rings is 1. The fourth-order valence-electron chi connectivity index (χ4n) is 1.65. The Balaban J connectivity index is 2.41. The van der Waals surface area contributed by atoms with Gasteiger partial charge in [0.25, 0.3) is 11.4 Å². The molecule has 0 radical (unpaired) electrons. The van der Waals surface area contributed by atoms with E-state index in [1.54, 1.807) is 0 Å². The molecule has 10 heteroatoms. The van der Waals surface area contributed by atoms with Gasteiger partial charge in [0.1, 0.15) is 17.6 Å². The smallest absolute Gasteiger partial charge is 0.339 e. The maximum absolute atomic E-state index is 11.2. The first-order valence-electron chi connectivity index (χ1n) is 5.77. The normalized spacial score (nSPS) is 10.0. The standard InChI is InChI=1S/C12H8N4O6/c17-12(18)10-5-9(16(21)22)6-13-11(10)14-7-2-1-3-8(4-7)15(19)20/h1-6H,(H,13,14)(H,17,18). The van der Waals surface area contributed by atoms with Crippen molar-refractivity contribution in [1.29, 1.82) is 0 Å². The largest absolute Gasteiger partial charge is 0.478 e. The first kappa shape index (κ1) is 14.8. The van der Waals surface area contributed by atoms with Crippen LogP contribution in [-0.4, -0.2) is 25.9 Å². The molecule has 0 amide bonds. The number of nitro groups is 2. The average molecular weight is 304 g/mol. The van der Waals surface area contributed by atoms with Gasteiger partial charge in [-0.2, -0.15) is 0 Å². The fraction of sp³-hybridized carbons (Fsp3) is 0. The van der Waals surface area contributed by atoms with Gasteiger partial charge in [0, 0.05) is 23.9 Å². The third-order valence-corrected chi connectivity index (χ3v) is 2.63. The summed E-state index contributed by atoms with van der Waals surface area (Å²) in [5.74, 6) is -1.57. The van der Waals surface area contributed by atoms with Crippen LogP contribution in [0, 0.1) is 20.2 Å². The zero-order valence-corrected chi connectivity index (χ0v) is 10.8. The number of hydrogen-bond acceptors (Lipinski definition) is 7. The predicted molar refractivity (Wildman–Crippen MR) is 74.2 cm³/mol. The van der Waals surface area contributed by atoms with Gasteiger partial charge in [-0.05, 0) is 6.07 Å². The molecule has 0 saturated carbocycles. The minimum atomic E-state index is -1.41. The van der Waals surface area contributed by atoms with E-state index in [1.807, 2.05) is 0 Å². The van der Waals surface area contributed by atoms with E-state index >= 15 is 0 Å². The summed E-state index contributed by atoms with van der Waals surface area (Å²) in [6.07, 6.45) is 0.895. The maximum Gasteiger partial charge on any atom is 0.339 e. The summed E-state index contributed by atoms with van der Waals surface area (Å²) in [7, 11) is 0. The zero-order valence-electron chi connectivity index (χ0n) is 10.8. The van der Waals surface area contributed by atoms with Crippen LogP contribution in [0.3, 0.4) is 0 Å². The second-order valence-corrected chi connectivity index (χ2v) is 4.08. The second kappa shape index (κ2) is 5.83. The molecule has 0 saturated heterocycles. The third kappa shape index (κ3) is 3.12. The van der Waals surface area contributed by atoms with Crippen LogP contribution >= 0.6 is 0 Å². The Kier molecular flexibility index (Phi) is 3.93. The Hall–Kier alpha value is -3.56. The van der Waals surface area contributed by atoms with E-state index in [0.717, 1.165) is 12.3 Å². The van der Waals surface area contributed by atoms with Crippen molar-refractivity contribution in [2.75, 3.05) is 5.32 Å².